The van der Waals surface area contributed by atoms with E-state index in [1.54, 1.807) is 0 Å². The van der Waals surface area contributed by atoms with E-state index in [9.17, 15) is 28.8 Å². The van der Waals surface area contributed by atoms with Gasteiger partial charge in [-0.25, -0.2) is 0 Å². The van der Waals surface area contributed by atoms with E-state index in [0.29, 0.717) is 0 Å². The summed E-state index contributed by atoms with van der Waals surface area (Å²) in [6.07, 6.45) is -1.32. The molecule has 0 bridgehead atoms. The van der Waals surface area contributed by atoms with Crippen molar-refractivity contribution < 1.29 is 44.1 Å². The standard InChI is InChI=1S/C14H22N4O9/c15-7(1-3-10(20)21)13(26)18-8(2-4-11(22)23)14(27)17-5-9(19)16-6-12(24)25/h7-8H,1-6,15H2,(H,16,19)(H,17,27)(H,18,26)(H,20,21)(H,22,23)(H,24,25). The molecule has 13 heteroatoms. The van der Waals surface area contributed by atoms with Gasteiger partial charge < -0.3 is 37.0 Å². The smallest absolute Gasteiger partial charge is 0.322 e. The number of carbonyl (C=O) groups is 6. The van der Waals surface area contributed by atoms with Gasteiger partial charge in [-0.15, -0.1) is 0 Å². The van der Waals surface area contributed by atoms with Gasteiger partial charge in [0.2, 0.25) is 17.7 Å². The molecule has 0 heterocycles. The van der Waals surface area contributed by atoms with Crippen molar-refractivity contribution in [1.29, 1.82) is 0 Å². The average Bonchev–Trinajstić information content (AvgIpc) is 2.58. The van der Waals surface area contributed by atoms with Crippen molar-refractivity contribution in [1.82, 2.24) is 16.0 Å². The highest BCUT2D eigenvalue weighted by molar-refractivity contribution is 5.92. The largest absolute Gasteiger partial charge is 0.481 e. The number of nitrogens with one attached hydrogen (secondary N) is 3. The molecule has 2 unspecified atom stereocenters. The number of carboxylic acids is 3. The number of carboxylic acid groups (broad SMARTS) is 3. The minimum absolute atomic E-state index is 0.188. The minimum Gasteiger partial charge on any atom is -0.481 e. The summed E-state index contributed by atoms with van der Waals surface area (Å²) in [5.41, 5.74) is 5.52. The quantitative estimate of drug-likeness (QED) is 0.167. The third-order valence-corrected chi connectivity index (χ3v) is 3.15. The van der Waals surface area contributed by atoms with Crippen LogP contribution in [-0.2, 0) is 28.8 Å². The Morgan fingerprint density at radius 1 is 0.741 bits per heavy atom. The first-order valence-electron chi connectivity index (χ1n) is 7.78. The number of rotatable bonds is 13. The van der Waals surface area contributed by atoms with Crippen molar-refractivity contribution in [3.8, 4) is 0 Å². The summed E-state index contributed by atoms with van der Waals surface area (Å²) < 4.78 is 0. The summed E-state index contributed by atoms with van der Waals surface area (Å²) >= 11 is 0. The molecule has 0 rings (SSSR count). The van der Waals surface area contributed by atoms with Gasteiger partial charge in [-0.3, -0.25) is 28.8 Å². The van der Waals surface area contributed by atoms with Gasteiger partial charge >= 0.3 is 17.9 Å². The van der Waals surface area contributed by atoms with Gasteiger partial charge in [0.15, 0.2) is 0 Å². The van der Waals surface area contributed by atoms with E-state index in [-0.39, 0.29) is 19.3 Å². The molecular formula is C14H22N4O9. The molecule has 2 atom stereocenters. The van der Waals surface area contributed by atoms with Crippen molar-refractivity contribution in [3.05, 3.63) is 0 Å². The highest BCUT2D eigenvalue weighted by Gasteiger charge is 2.25. The molecule has 152 valence electrons. The lowest BCUT2D eigenvalue weighted by Crippen LogP contribution is -2.53. The molecule has 0 aliphatic rings. The highest BCUT2D eigenvalue weighted by atomic mass is 16.4. The maximum absolute atomic E-state index is 12.1. The van der Waals surface area contributed by atoms with Gasteiger partial charge in [0.1, 0.15) is 12.6 Å². The Morgan fingerprint density at radius 2 is 1.30 bits per heavy atom. The molecule has 0 aromatic heterocycles. The summed E-state index contributed by atoms with van der Waals surface area (Å²) in [6, 6.07) is -2.54. The fourth-order valence-corrected chi connectivity index (χ4v) is 1.75. The second-order valence-electron chi connectivity index (χ2n) is 5.42. The molecule has 0 spiro atoms. The van der Waals surface area contributed by atoms with E-state index in [0.717, 1.165) is 0 Å². The van der Waals surface area contributed by atoms with Gasteiger partial charge in [-0.05, 0) is 12.8 Å². The van der Waals surface area contributed by atoms with Gasteiger partial charge in [0, 0.05) is 12.8 Å². The fraction of sp³-hybridized carbons (Fsp3) is 0.571. The number of hydrogen-bond donors (Lipinski definition) is 7. The Bertz CT molecular complexity index is 593. The number of amides is 3. The Hall–Kier alpha value is -3.22. The number of aliphatic carboxylic acids is 3. The molecular weight excluding hydrogens is 368 g/mol. The lowest BCUT2D eigenvalue weighted by atomic mass is 10.1. The summed E-state index contributed by atoms with van der Waals surface area (Å²) in [7, 11) is 0. The molecule has 0 saturated carbocycles. The third kappa shape index (κ3) is 11.9. The van der Waals surface area contributed by atoms with Gasteiger partial charge in [0.05, 0.1) is 12.6 Å². The van der Waals surface area contributed by atoms with E-state index in [2.05, 4.69) is 10.6 Å². The predicted octanol–water partition coefficient (Wildman–Crippen LogP) is -3.15. The summed E-state index contributed by atoms with van der Waals surface area (Å²) in [4.78, 5) is 66.9. The lowest BCUT2D eigenvalue weighted by Gasteiger charge is -2.20. The summed E-state index contributed by atoms with van der Waals surface area (Å²) in [5, 5.41) is 32.1. The minimum atomic E-state index is -1.32. The van der Waals surface area contributed by atoms with Crippen molar-refractivity contribution in [2.75, 3.05) is 13.1 Å². The normalized spacial score (nSPS) is 12.3. The molecule has 3 amide bonds. The van der Waals surface area contributed by atoms with Crippen molar-refractivity contribution >= 4 is 35.6 Å². The molecule has 0 aliphatic carbocycles. The van der Waals surface area contributed by atoms with Crippen molar-refractivity contribution in [3.63, 3.8) is 0 Å². The number of nitrogens with two attached hydrogens (primary N) is 1. The van der Waals surface area contributed by atoms with Crippen LogP contribution in [0, 0.1) is 0 Å². The van der Waals surface area contributed by atoms with Gasteiger partial charge in [-0.2, -0.15) is 0 Å². The molecule has 27 heavy (non-hydrogen) atoms. The zero-order valence-electron chi connectivity index (χ0n) is 14.3. The molecule has 0 radical (unpaired) electrons. The fourth-order valence-electron chi connectivity index (χ4n) is 1.75. The Kier molecular flexibility index (Phi) is 10.7. The highest BCUT2D eigenvalue weighted by Crippen LogP contribution is 2.01. The maximum Gasteiger partial charge on any atom is 0.322 e. The molecule has 0 aliphatic heterocycles. The van der Waals surface area contributed by atoms with E-state index >= 15 is 0 Å². The van der Waals surface area contributed by atoms with E-state index in [1.807, 2.05) is 5.32 Å². The van der Waals surface area contributed by atoms with Crippen LogP contribution in [0.3, 0.4) is 0 Å². The molecule has 0 aromatic rings. The molecule has 0 aromatic carbocycles. The third-order valence-electron chi connectivity index (χ3n) is 3.15. The number of hydrogen-bond acceptors (Lipinski definition) is 7. The molecule has 0 saturated heterocycles. The first-order valence-corrected chi connectivity index (χ1v) is 7.78. The van der Waals surface area contributed by atoms with Crippen LogP contribution in [0.5, 0.6) is 0 Å². The summed E-state index contributed by atoms with van der Waals surface area (Å²) in [5.74, 6) is -6.19. The van der Waals surface area contributed by atoms with E-state index in [4.69, 9.17) is 21.1 Å². The zero-order valence-corrected chi connectivity index (χ0v) is 14.3. The van der Waals surface area contributed by atoms with Crippen LogP contribution in [0.25, 0.3) is 0 Å². The van der Waals surface area contributed by atoms with Crippen LogP contribution < -0.4 is 21.7 Å². The van der Waals surface area contributed by atoms with Crippen LogP contribution >= 0.6 is 0 Å². The Balaban J connectivity index is 4.72. The summed E-state index contributed by atoms with van der Waals surface area (Å²) in [6.45, 7) is -1.23. The average molecular weight is 390 g/mol. The molecule has 13 nitrogen and oxygen atoms in total. The first-order chi connectivity index (χ1) is 12.5. The lowest BCUT2D eigenvalue weighted by molar-refractivity contribution is -0.139. The maximum atomic E-state index is 12.1. The van der Waals surface area contributed by atoms with Crippen LogP contribution in [0.4, 0.5) is 0 Å². The zero-order chi connectivity index (χ0) is 21.0. The van der Waals surface area contributed by atoms with Crippen molar-refractivity contribution in [2.24, 2.45) is 5.73 Å². The molecule has 8 N–H and O–H groups in total. The Morgan fingerprint density at radius 3 is 1.81 bits per heavy atom. The van der Waals surface area contributed by atoms with Gasteiger partial charge in [-0.1, -0.05) is 0 Å². The van der Waals surface area contributed by atoms with E-state index in [1.165, 1.54) is 0 Å². The van der Waals surface area contributed by atoms with Crippen LogP contribution in [0.15, 0.2) is 0 Å². The van der Waals surface area contributed by atoms with E-state index < -0.39 is 67.2 Å². The van der Waals surface area contributed by atoms with Crippen molar-refractivity contribution in [2.45, 2.75) is 37.8 Å². The predicted molar refractivity (Wildman–Crippen MR) is 87.3 cm³/mol. The number of carbonyl (C=O) groups excluding carboxylic acids is 3. The topological polar surface area (TPSA) is 225 Å². The first kappa shape index (κ1) is 23.8. The van der Waals surface area contributed by atoms with Crippen LogP contribution in [0.1, 0.15) is 25.7 Å². The SMILES string of the molecule is NC(CCC(=O)O)C(=O)NC(CCC(=O)O)C(=O)NCC(=O)NCC(=O)O. The van der Waals surface area contributed by atoms with Crippen LogP contribution in [-0.4, -0.2) is 76.1 Å². The van der Waals surface area contributed by atoms with Crippen LogP contribution in [0.2, 0.25) is 0 Å². The van der Waals surface area contributed by atoms with Gasteiger partial charge in [0.25, 0.3) is 0 Å². The Labute approximate surface area is 153 Å². The second kappa shape index (κ2) is 12.2. The second-order valence-corrected chi connectivity index (χ2v) is 5.42. The molecule has 0 fully saturated rings. The monoisotopic (exact) mass is 390 g/mol.